The minimum absolute atomic E-state index is 0. The summed E-state index contributed by atoms with van der Waals surface area (Å²) in [6.45, 7) is 26.2. The van der Waals surface area contributed by atoms with E-state index >= 15 is 0 Å². The molecule has 49 heavy (non-hydrogen) atoms. The van der Waals surface area contributed by atoms with Crippen LogP contribution in [-0.4, -0.2) is 3.71 Å². The Morgan fingerprint density at radius 2 is 1.43 bits per heavy atom. The molecule has 0 bridgehead atoms. The summed E-state index contributed by atoms with van der Waals surface area (Å²) in [6.07, 6.45) is 8.27. The summed E-state index contributed by atoms with van der Waals surface area (Å²) in [5.74, 6) is 0.313. The summed E-state index contributed by atoms with van der Waals surface area (Å²) in [6, 6.07) is 17.4. The van der Waals surface area contributed by atoms with Crippen molar-refractivity contribution in [2.24, 2.45) is 11.3 Å². The van der Waals surface area contributed by atoms with Crippen LogP contribution in [0.2, 0.25) is 0 Å². The second-order valence-corrected chi connectivity index (χ2v) is 22.0. The third kappa shape index (κ3) is 6.05. The normalized spacial score (nSPS) is 19.6. The standard InChI is InChI=1S/C25H25.C13H21.C7H5F.2ClH.Zr/c1-14-12-24(3,4)22-8-16-7-17-9-23-19(15(2)13-25(23,5)6)11-21(17)20(16)10-18(14)22;1-6-10-8-11(7-2)12(9-10)13(3,4)5;1-6-2-4-7(8)5-3-6;;;/h8-12H,7H2,1-6H3;9-10H,6-7H2,1-5H3;1-5H;2*1H;/q;;;;;+2/p-2. The van der Waals surface area contributed by atoms with Crippen molar-refractivity contribution in [2.75, 3.05) is 0 Å². The Balaban J connectivity index is 0.00000234. The molecular weight excluding hydrogens is 722 g/mol. The third-order valence-electron chi connectivity index (χ3n) is 11.7. The molecule has 7 rings (SSSR count). The van der Waals surface area contributed by atoms with Gasteiger partial charge in [0, 0.05) is 0 Å². The van der Waals surface area contributed by atoms with Crippen LogP contribution in [0.4, 0.5) is 4.39 Å². The van der Waals surface area contributed by atoms with E-state index in [1.807, 2.05) is 12.1 Å². The molecule has 0 aliphatic heterocycles. The zero-order chi connectivity index (χ0) is 33.8. The Bertz CT molecular complexity index is 2020. The van der Waals surface area contributed by atoms with Gasteiger partial charge in [-0.1, -0.05) is 0 Å². The van der Waals surface area contributed by atoms with Crippen molar-refractivity contribution in [3.8, 4) is 11.1 Å². The van der Waals surface area contributed by atoms with Crippen LogP contribution >= 0.6 is 0 Å². The molecule has 4 aliphatic carbocycles. The zero-order valence-corrected chi connectivity index (χ0v) is 35.2. The maximum atomic E-state index is 14.1. The van der Waals surface area contributed by atoms with Gasteiger partial charge in [0.15, 0.2) is 0 Å². The van der Waals surface area contributed by atoms with Gasteiger partial charge in [-0.2, -0.15) is 0 Å². The van der Waals surface area contributed by atoms with Gasteiger partial charge in [-0.15, -0.1) is 0 Å². The first kappa shape index (κ1) is 38.1. The van der Waals surface area contributed by atoms with Gasteiger partial charge in [-0.05, 0) is 0 Å². The number of hydrogen-bond donors (Lipinski definition) is 0. The van der Waals surface area contributed by atoms with Crippen molar-refractivity contribution in [1.82, 2.24) is 0 Å². The predicted molar refractivity (Wildman–Crippen MR) is 197 cm³/mol. The van der Waals surface area contributed by atoms with E-state index in [2.05, 4.69) is 116 Å². The summed E-state index contributed by atoms with van der Waals surface area (Å²) < 4.78 is 20.2. The molecule has 1 atom stereocenters. The number of benzene rings is 3. The molecule has 4 aliphatic rings. The average Bonchev–Trinajstić information content (AvgIpc) is 3.68. The van der Waals surface area contributed by atoms with Crippen molar-refractivity contribution >= 4 is 14.9 Å². The van der Waals surface area contributed by atoms with Crippen LogP contribution in [0.3, 0.4) is 0 Å². The van der Waals surface area contributed by atoms with Gasteiger partial charge in [0.1, 0.15) is 0 Å². The maximum Gasteiger partial charge on any atom is -1.00 e. The summed E-state index contributed by atoms with van der Waals surface area (Å²) >= 11 is -2.72. The first-order valence-corrected chi connectivity index (χ1v) is 21.6. The molecule has 0 spiro atoms. The van der Waals surface area contributed by atoms with E-state index in [1.165, 1.54) is 61.2 Å². The second kappa shape index (κ2) is 13.1. The van der Waals surface area contributed by atoms with Crippen molar-refractivity contribution in [2.45, 2.75) is 106 Å². The number of allylic oxidation sites excluding steroid dienone is 8. The summed E-state index contributed by atoms with van der Waals surface area (Å²) in [5.41, 5.74) is 19.0. The number of hydrogen-bond acceptors (Lipinski definition) is 0. The first-order chi connectivity index (χ1) is 22.1. The van der Waals surface area contributed by atoms with Crippen molar-refractivity contribution in [1.29, 1.82) is 0 Å². The van der Waals surface area contributed by atoms with Gasteiger partial charge in [0.2, 0.25) is 0 Å². The molecule has 0 saturated heterocycles. The molecule has 3 aromatic rings. The number of fused-ring (bicyclic) bond motifs is 5. The van der Waals surface area contributed by atoms with Crippen molar-refractivity contribution in [3.63, 3.8) is 0 Å². The third-order valence-corrected chi connectivity index (χ3v) is 20.1. The maximum absolute atomic E-state index is 14.1. The largest absolute Gasteiger partial charge is 1.00 e. The fourth-order valence-corrected chi connectivity index (χ4v) is 18.7. The van der Waals surface area contributed by atoms with Crippen LogP contribution in [0.25, 0.3) is 22.3 Å². The molecule has 0 saturated carbocycles. The summed E-state index contributed by atoms with van der Waals surface area (Å²) in [4.78, 5) is 0. The Hall–Kier alpha value is -2.12. The van der Waals surface area contributed by atoms with Crippen LogP contribution in [0, 0.1) is 17.2 Å². The van der Waals surface area contributed by atoms with Crippen LogP contribution in [0.5, 0.6) is 0 Å². The molecule has 1 unspecified atom stereocenters. The van der Waals surface area contributed by atoms with Gasteiger partial charge in [0.25, 0.3) is 0 Å². The number of halogens is 3. The van der Waals surface area contributed by atoms with E-state index in [9.17, 15) is 4.39 Å². The smallest absolute Gasteiger partial charge is 1.00 e. The molecule has 0 amide bonds. The molecule has 0 aromatic heterocycles. The van der Waals surface area contributed by atoms with E-state index in [0.29, 0.717) is 5.92 Å². The van der Waals surface area contributed by atoms with Gasteiger partial charge in [-0.25, -0.2) is 0 Å². The first-order valence-electron chi connectivity index (χ1n) is 17.8. The molecule has 0 nitrogen and oxygen atoms in total. The molecular formula is C45H51Cl2FZr. The van der Waals surface area contributed by atoms with E-state index in [-0.39, 0.29) is 46.9 Å². The van der Waals surface area contributed by atoms with E-state index in [4.69, 9.17) is 0 Å². The van der Waals surface area contributed by atoms with E-state index in [0.717, 1.165) is 19.3 Å². The Morgan fingerprint density at radius 1 is 0.837 bits per heavy atom. The van der Waals surface area contributed by atoms with Crippen LogP contribution in [0.15, 0.2) is 78.4 Å². The monoisotopic (exact) mass is 770 g/mol. The zero-order valence-electron chi connectivity index (χ0n) is 31.2. The van der Waals surface area contributed by atoms with Crippen molar-refractivity contribution in [3.05, 3.63) is 123 Å². The van der Waals surface area contributed by atoms with E-state index in [1.54, 1.807) is 29.8 Å². The molecule has 0 radical (unpaired) electrons. The molecule has 0 N–H and O–H groups in total. The molecule has 0 fully saturated rings. The van der Waals surface area contributed by atoms with Gasteiger partial charge < -0.3 is 24.8 Å². The Labute approximate surface area is 315 Å². The van der Waals surface area contributed by atoms with E-state index < -0.39 is 21.3 Å². The summed E-state index contributed by atoms with van der Waals surface area (Å²) in [5, 5.41) is 0. The Morgan fingerprint density at radius 3 is 2.00 bits per heavy atom. The van der Waals surface area contributed by atoms with Crippen LogP contribution in [-0.2, 0) is 38.5 Å². The number of rotatable bonds is 5. The minimum atomic E-state index is -2.72. The minimum Gasteiger partial charge on any atom is -1.00 e. The quantitative estimate of drug-likeness (QED) is 0.225. The van der Waals surface area contributed by atoms with Gasteiger partial charge in [0.05, 0.1) is 0 Å². The fraction of sp³-hybridized carbons (Fsp3) is 0.400. The predicted octanol–water partition coefficient (Wildman–Crippen LogP) is 6.27. The van der Waals surface area contributed by atoms with Crippen LogP contribution < -0.4 is 24.8 Å². The topological polar surface area (TPSA) is 0 Å². The van der Waals surface area contributed by atoms with Crippen LogP contribution in [0.1, 0.15) is 128 Å². The SMILES string of the molecule is CCC1=[C]([Zr+2](=[CH]c2ccc(F)cc2)[C]2=C(C)c3cc4c(cc3C2(C)C)Cc2cc3c(cc2-4)C(C)=CC3(C)C)C(CC)C=C1C(C)(C)C.[Cl-].[Cl-]. The second-order valence-electron chi connectivity index (χ2n) is 16.7. The average molecular weight is 773 g/mol. The molecule has 256 valence electrons. The molecule has 3 aromatic carbocycles. The van der Waals surface area contributed by atoms with Crippen molar-refractivity contribution < 1.29 is 50.5 Å². The van der Waals surface area contributed by atoms with Gasteiger partial charge >= 0.3 is 292 Å². The molecule has 4 heteroatoms. The summed E-state index contributed by atoms with van der Waals surface area (Å²) in [7, 11) is 0. The Kier molecular flexibility index (Phi) is 10.2. The molecule has 0 heterocycles. The fourth-order valence-electron chi connectivity index (χ4n) is 9.48. The van der Waals surface area contributed by atoms with Gasteiger partial charge in [-0.3, -0.25) is 0 Å².